The number of rotatable bonds is 5. The van der Waals surface area contributed by atoms with Gasteiger partial charge in [0, 0.05) is 28.8 Å². The van der Waals surface area contributed by atoms with E-state index < -0.39 is 5.41 Å². The van der Waals surface area contributed by atoms with Gasteiger partial charge in [-0.15, -0.1) is 11.8 Å². The van der Waals surface area contributed by atoms with Crippen molar-refractivity contribution in [2.75, 3.05) is 19.3 Å². The molecule has 1 aliphatic rings. The molecule has 5 heteroatoms. The van der Waals surface area contributed by atoms with Crippen molar-refractivity contribution in [2.24, 2.45) is 11.3 Å². The monoisotopic (exact) mass is 435 g/mol. The van der Waals surface area contributed by atoms with Crippen LogP contribution in [0.2, 0.25) is 0 Å². The average Bonchev–Trinajstić information content (AvgIpc) is 3.16. The first-order valence-corrected chi connectivity index (χ1v) is 12.4. The van der Waals surface area contributed by atoms with Crippen LogP contribution in [0.1, 0.15) is 49.5 Å². The summed E-state index contributed by atoms with van der Waals surface area (Å²) in [6, 6.07) is 15.4. The Balaban J connectivity index is 1.41. The number of nitrogens with zero attached hydrogens (tertiary/aromatic N) is 3. The van der Waals surface area contributed by atoms with E-state index in [1.165, 1.54) is 35.4 Å². The fraction of sp³-hybridized carbons (Fsp3) is 0.462. The second kappa shape index (κ2) is 9.17. The lowest BCUT2D eigenvalue weighted by Gasteiger charge is -2.33. The first-order valence-electron chi connectivity index (χ1n) is 11.2. The van der Waals surface area contributed by atoms with Crippen molar-refractivity contribution in [3.05, 3.63) is 59.8 Å². The Morgan fingerprint density at radius 1 is 1.13 bits per heavy atom. The minimum atomic E-state index is -0.446. The van der Waals surface area contributed by atoms with Gasteiger partial charge in [0.25, 0.3) is 5.91 Å². The number of hydrogen-bond donors (Lipinski definition) is 0. The molecule has 0 spiro atoms. The Labute approximate surface area is 190 Å². The van der Waals surface area contributed by atoms with Crippen molar-refractivity contribution in [1.82, 2.24) is 14.7 Å². The number of thioether (sulfide) groups is 1. The first-order chi connectivity index (χ1) is 14.8. The molecule has 1 aliphatic heterocycles. The minimum Gasteiger partial charge on any atom is -0.299 e. The largest absolute Gasteiger partial charge is 0.299 e. The van der Waals surface area contributed by atoms with Crippen molar-refractivity contribution in [1.29, 1.82) is 0 Å². The van der Waals surface area contributed by atoms with Gasteiger partial charge in [-0.3, -0.25) is 9.69 Å². The van der Waals surface area contributed by atoms with E-state index in [4.69, 9.17) is 0 Å². The van der Waals surface area contributed by atoms with E-state index in [9.17, 15) is 4.79 Å². The molecule has 2 aromatic carbocycles. The number of carbonyl (C=O) groups excluding carboxylic acids is 1. The van der Waals surface area contributed by atoms with E-state index in [1.807, 2.05) is 27.0 Å². The third kappa shape index (κ3) is 5.21. The predicted octanol–water partition coefficient (Wildman–Crippen LogP) is 5.90. The van der Waals surface area contributed by atoms with E-state index in [1.54, 1.807) is 16.4 Å². The molecule has 4 nitrogen and oxygen atoms in total. The van der Waals surface area contributed by atoms with Crippen LogP contribution in [0.5, 0.6) is 0 Å². The summed E-state index contributed by atoms with van der Waals surface area (Å²) in [4.78, 5) is 16.6. The molecule has 1 fully saturated rings. The lowest BCUT2D eigenvalue weighted by atomic mass is 9.90. The van der Waals surface area contributed by atoms with Gasteiger partial charge in [-0.1, -0.05) is 39.0 Å². The van der Waals surface area contributed by atoms with Crippen molar-refractivity contribution >= 4 is 28.6 Å². The molecule has 4 rings (SSSR count). The molecule has 0 bridgehead atoms. The number of carbonyl (C=O) groups is 1. The molecule has 1 saturated heterocycles. The van der Waals surface area contributed by atoms with E-state index in [0.717, 1.165) is 30.4 Å². The fourth-order valence-corrected chi connectivity index (χ4v) is 4.88. The molecule has 1 aromatic heterocycles. The number of fused-ring (bicyclic) bond motifs is 1. The summed E-state index contributed by atoms with van der Waals surface area (Å²) in [7, 11) is 0. The van der Waals surface area contributed by atoms with Gasteiger partial charge in [0.15, 0.2) is 0 Å². The van der Waals surface area contributed by atoms with Crippen molar-refractivity contribution in [2.45, 2.75) is 51.5 Å². The second-order valence-corrected chi connectivity index (χ2v) is 10.7. The van der Waals surface area contributed by atoms with Gasteiger partial charge in [-0.25, -0.2) is 0 Å². The van der Waals surface area contributed by atoms with Crippen molar-refractivity contribution in [3.8, 4) is 0 Å². The normalized spacial score (nSPS) is 17.9. The smallest absolute Gasteiger partial charge is 0.252 e. The topological polar surface area (TPSA) is 38.1 Å². The van der Waals surface area contributed by atoms with Gasteiger partial charge in [0.2, 0.25) is 0 Å². The van der Waals surface area contributed by atoms with Crippen LogP contribution in [0.4, 0.5) is 0 Å². The zero-order chi connectivity index (χ0) is 22.0. The molecule has 1 unspecified atom stereocenters. The maximum atomic E-state index is 12.7. The third-order valence-corrected chi connectivity index (χ3v) is 6.90. The zero-order valence-electron chi connectivity index (χ0n) is 19.1. The number of benzene rings is 2. The third-order valence-electron chi connectivity index (χ3n) is 6.16. The van der Waals surface area contributed by atoms with Crippen molar-refractivity contribution < 1.29 is 4.79 Å². The Morgan fingerprint density at radius 2 is 1.87 bits per heavy atom. The lowest BCUT2D eigenvalue weighted by molar-refractivity contribution is 0.0755. The molecule has 3 aromatic rings. The van der Waals surface area contributed by atoms with Crippen LogP contribution in [-0.4, -0.2) is 39.9 Å². The molecule has 0 radical (unpaired) electrons. The van der Waals surface area contributed by atoms with Crippen LogP contribution in [-0.2, 0) is 13.0 Å². The maximum absolute atomic E-state index is 12.7. The van der Waals surface area contributed by atoms with Crippen LogP contribution >= 0.6 is 11.8 Å². The van der Waals surface area contributed by atoms with E-state index >= 15 is 0 Å². The summed E-state index contributed by atoms with van der Waals surface area (Å²) >= 11 is 1.79. The molecule has 0 N–H and O–H groups in total. The van der Waals surface area contributed by atoms with Crippen LogP contribution in [0.25, 0.3) is 10.9 Å². The van der Waals surface area contributed by atoms with Crippen molar-refractivity contribution in [3.63, 3.8) is 0 Å². The fourth-order valence-electron chi connectivity index (χ4n) is 4.47. The molecule has 0 aliphatic carbocycles. The molecule has 2 heterocycles. The number of likely N-dealkylation sites (tertiary alicyclic amines) is 1. The summed E-state index contributed by atoms with van der Waals surface area (Å²) in [6.45, 7) is 9.16. The molecule has 0 saturated carbocycles. The summed E-state index contributed by atoms with van der Waals surface area (Å²) in [5.41, 5.74) is 3.20. The highest BCUT2D eigenvalue weighted by atomic mass is 32.2. The Bertz CT molecular complexity index is 1050. The quantitative estimate of drug-likeness (QED) is 0.468. The number of piperidine rings is 1. The van der Waals surface area contributed by atoms with Crippen LogP contribution in [0.3, 0.4) is 0 Å². The van der Waals surface area contributed by atoms with E-state index in [0.29, 0.717) is 5.92 Å². The van der Waals surface area contributed by atoms with Gasteiger partial charge in [-0.05, 0) is 73.4 Å². The van der Waals surface area contributed by atoms with Gasteiger partial charge in [-0.2, -0.15) is 9.78 Å². The highest BCUT2D eigenvalue weighted by Gasteiger charge is 2.25. The van der Waals surface area contributed by atoms with Gasteiger partial charge < -0.3 is 0 Å². The molecular weight excluding hydrogens is 402 g/mol. The molecular formula is C26H33N3OS. The standard InChI is InChI=1S/C26H33N3OS/c1-26(2,3)25(30)29-24-12-9-20(15-22(24)16-27-29)14-21-6-5-13-28(18-21)17-19-7-10-23(31-4)11-8-19/h7-12,15-16,21H,5-6,13-14,17-18H2,1-4H3. The van der Waals surface area contributed by atoms with Crippen LogP contribution in [0.15, 0.2) is 53.6 Å². The average molecular weight is 436 g/mol. The summed E-state index contributed by atoms with van der Waals surface area (Å²) in [5.74, 6) is 0.701. The van der Waals surface area contributed by atoms with Crippen LogP contribution < -0.4 is 0 Å². The summed E-state index contributed by atoms with van der Waals surface area (Å²) in [6.07, 6.45) is 7.56. The Hall–Kier alpha value is -2.11. The molecule has 1 atom stereocenters. The van der Waals surface area contributed by atoms with E-state index in [2.05, 4.69) is 58.7 Å². The summed E-state index contributed by atoms with van der Waals surface area (Å²) < 4.78 is 1.56. The Kier molecular flexibility index (Phi) is 6.54. The maximum Gasteiger partial charge on any atom is 0.252 e. The highest BCUT2D eigenvalue weighted by molar-refractivity contribution is 7.98. The summed E-state index contributed by atoms with van der Waals surface area (Å²) in [5, 5.41) is 5.43. The molecule has 164 valence electrons. The molecule has 31 heavy (non-hydrogen) atoms. The van der Waals surface area contributed by atoms with Gasteiger partial charge >= 0.3 is 0 Å². The zero-order valence-corrected chi connectivity index (χ0v) is 19.9. The second-order valence-electron chi connectivity index (χ2n) is 9.80. The van der Waals surface area contributed by atoms with Gasteiger partial charge in [0.1, 0.15) is 0 Å². The lowest BCUT2D eigenvalue weighted by Crippen LogP contribution is -2.35. The number of aromatic nitrogens is 2. The molecule has 0 amide bonds. The van der Waals surface area contributed by atoms with E-state index in [-0.39, 0.29) is 5.91 Å². The minimum absolute atomic E-state index is 0.0312. The Morgan fingerprint density at radius 3 is 2.58 bits per heavy atom. The SMILES string of the molecule is CSc1ccc(CN2CCCC(Cc3ccc4c(cnn4C(=O)C(C)(C)C)c3)C2)cc1. The highest BCUT2D eigenvalue weighted by Crippen LogP contribution is 2.26. The van der Waals surface area contributed by atoms with Gasteiger partial charge in [0.05, 0.1) is 11.7 Å². The number of hydrogen-bond acceptors (Lipinski definition) is 4. The van der Waals surface area contributed by atoms with Crippen LogP contribution in [0, 0.1) is 11.3 Å². The predicted molar refractivity (Wildman–Crippen MR) is 130 cm³/mol. The first kappa shape index (κ1) is 22.1.